The smallest absolute Gasteiger partial charge is 0.170 e. The average molecular weight is 334 g/mol. The van der Waals surface area contributed by atoms with E-state index in [-0.39, 0.29) is 0 Å². The van der Waals surface area contributed by atoms with E-state index < -0.39 is 0 Å². The van der Waals surface area contributed by atoms with Crippen molar-refractivity contribution in [1.29, 1.82) is 0 Å². The van der Waals surface area contributed by atoms with Crippen molar-refractivity contribution in [3.05, 3.63) is 51.7 Å². The number of benzene rings is 1. The van der Waals surface area contributed by atoms with Crippen LogP contribution in [0.4, 0.5) is 5.69 Å². The van der Waals surface area contributed by atoms with Crippen LogP contribution in [0.15, 0.2) is 35.7 Å². The Morgan fingerprint density at radius 2 is 2.00 bits per heavy atom. The van der Waals surface area contributed by atoms with Crippen LogP contribution in [-0.4, -0.2) is 30.7 Å². The molecule has 0 fully saturated rings. The SMILES string of the molecule is Cc1ccc(NC(=S)NC[C@@H](c2cccs2)N(C)C)cc1C. The van der Waals surface area contributed by atoms with E-state index >= 15 is 0 Å². The summed E-state index contributed by atoms with van der Waals surface area (Å²) in [5.41, 5.74) is 3.57. The second kappa shape index (κ2) is 7.72. The van der Waals surface area contributed by atoms with Gasteiger partial charge in [-0.05, 0) is 74.9 Å². The number of nitrogens with one attached hydrogen (secondary N) is 2. The van der Waals surface area contributed by atoms with Gasteiger partial charge in [-0.2, -0.15) is 0 Å². The van der Waals surface area contributed by atoms with E-state index in [0.717, 1.165) is 12.2 Å². The summed E-state index contributed by atoms with van der Waals surface area (Å²) in [5, 5.41) is 9.34. The maximum absolute atomic E-state index is 5.41. The van der Waals surface area contributed by atoms with Crippen LogP contribution in [0.5, 0.6) is 0 Å². The average Bonchev–Trinajstić information content (AvgIpc) is 2.97. The number of hydrogen-bond donors (Lipinski definition) is 2. The summed E-state index contributed by atoms with van der Waals surface area (Å²) in [6.07, 6.45) is 0. The molecule has 22 heavy (non-hydrogen) atoms. The fourth-order valence-corrected chi connectivity index (χ4v) is 3.33. The number of thiophene rings is 1. The van der Waals surface area contributed by atoms with Gasteiger partial charge in [0.1, 0.15) is 0 Å². The molecule has 0 aliphatic heterocycles. The molecular formula is C17H23N3S2. The third-order valence-corrected chi connectivity index (χ3v) is 4.94. The maximum Gasteiger partial charge on any atom is 0.170 e. The first-order valence-corrected chi connectivity index (χ1v) is 8.58. The van der Waals surface area contributed by atoms with Gasteiger partial charge in [0.25, 0.3) is 0 Å². The van der Waals surface area contributed by atoms with Crippen LogP contribution < -0.4 is 10.6 Å². The Bertz CT molecular complexity index is 621. The molecule has 1 heterocycles. The quantitative estimate of drug-likeness (QED) is 0.810. The lowest BCUT2D eigenvalue weighted by atomic mass is 10.1. The lowest BCUT2D eigenvalue weighted by Crippen LogP contribution is -2.36. The summed E-state index contributed by atoms with van der Waals surface area (Å²) >= 11 is 7.18. The summed E-state index contributed by atoms with van der Waals surface area (Å²) in [6.45, 7) is 5.00. The first-order valence-electron chi connectivity index (χ1n) is 7.29. The third-order valence-electron chi connectivity index (χ3n) is 3.72. The molecule has 2 N–H and O–H groups in total. The summed E-state index contributed by atoms with van der Waals surface area (Å²) in [7, 11) is 4.18. The predicted octanol–water partition coefficient (Wildman–Crippen LogP) is 3.95. The molecular weight excluding hydrogens is 310 g/mol. The Morgan fingerprint density at radius 3 is 2.59 bits per heavy atom. The van der Waals surface area contributed by atoms with Crippen LogP contribution in [0.3, 0.4) is 0 Å². The van der Waals surface area contributed by atoms with Crippen molar-refractivity contribution < 1.29 is 0 Å². The Balaban J connectivity index is 1.92. The highest BCUT2D eigenvalue weighted by atomic mass is 32.1. The van der Waals surface area contributed by atoms with Gasteiger partial charge in [-0.3, -0.25) is 0 Å². The van der Waals surface area contributed by atoms with E-state index in [1.54, 1.807) is 11.3 Å². The number of nitrogens with zero attached hydrogens (tertiary/aromatic N) is 1. The minimum absolute atomic E-state index is 0.319. The lowest BCUT2D eigenvalue weighted by Gasteiger charge is -2.24. The molecule has 0 saturated carbocycles. The monoisotopic (exact) mass is 333 g/mol. The fraction of sp³-hybridized carbons (Fsp3) is 0.353. The molecule has 3 nitrogen and oxygen atoms in total. The highest BCUT2D eigenvalue weighted by Crippen LogP contribution is 2.22. The van der Waals surface area contributed by atoms with Crippen molar-refractivity contribution in [2.24, 2.45) is 0 Å². The van der Waals surface area contributed by atoms with Gasteiger partial charge in [-0.15, -0.1) is 11.3 Å². The zero-order chi connectivity index (χ0) is 16.1. The third kappa shape index (κ3) is 4.53. The molecule has 1 atom stereocenters. The normalized spacial score (nSPS) is 12.2. The molecule has 5 heteroatoms. The van der Waals surface area contributed by atoms with E-state index in [9.17, 15) is 0 Å². The van der Waals surface area contributed by atoms with E-state index in [1.165, 1.54) is 16.0 Å². The van der Waals surface area contributed by atoms with Gasteiger partial charge < -0.3 is 15.5 Å². The predicted molar refractivity (Wildman–Crippen MR) is 101 cm³/mol. The minimum atomic E-state index is 0.319. The molecule has 2 rings (SSSR count). The number of rotatable bonds is 5. The Labute approximate surface area is 142 Å². The Kier molecular flexibility index (Phi) is 5.94. The highest BCUT2D eigenvalue weighted by Gasteiger charge is 2.15. The number of likely N-dealkylation sites (N-methyl/N-ethyl adjacent to an activating group) is 1. The van der Waals surface area contributed by atoms with E-state index in [2.05, 4.69) is 79.2 Å². The van der Waals surface area contributed by atoms with Crippen LogP contribution in [-0.2, 0) is 0 Å². The molecule has 0 aliphatic carbocycles. The second-order valence-corrected chi connectivity index (χ2v) is 7.02. The topological polar surface area (TPSA) is 27.3 Å². The second-order valence-electron chi connectivity index (χ2n) is 5.63. The van der Waals surface area contributed by atoms with Crippen LogP contribution in [0, 0.1) is 13.8 Å². The van der Waals surface area contributed by atoms with Crippen molar-refractivity contribution in [1.82, 2.24) is 10.2 Å². The van der Waals surface area contributed by atoms with E-state index in [0.29, 0.717) is 11.2 Å². The number of thiocarbonyl (C=S) groups is 1. The van der Waals surface area contributed by atoms with Gasteiger partial charge in [-0.25, -0.2) is 0 Å². The molecule has 1 aromatic heterocycles. The van der Waals surface area contributed by atoms with Crippen molar-refractivity contribution >= 4 is 34.4 Å². The zero-order valence-electron chi connectivity index (χ0n) is 13.5. The van der Waals surface area contributed by atoms with Gasteiger partial charge in [0.15, 0.2) is 5.11 Å². The fourth-order valence-electron chi connectivity index (χ4n) is 2.20. The van der Waals surface area contributed by atoms with Gasteiger partial charge in [0, 0.05) is 17.1 Å². The van der Waals surface area contributed by atoms with Crippen molar-refractivity contribution in [3.63, 3.8) is 0 Å². The summed E-state index contributed by atoms with van der Waals surface area (Å²) in [4.78, 5) is 3.55. The molecule has 1 aromatic carbocycles. The van der Waals surface area contributed by atoms with Gasteiger partial charge >= 0.3 is 0 Å². The first kappa shape index (κ1) is 16.9. The van der Waals surface area contributed by atoms with Gasteiger partial charge in [0.2, 0.25) is 0 Å². The molecule has 0 radical (unpaired) electrons. The van der Waals surface area contributed by atoms with Crippen LogP contribution in [0.1, 0.15) is 22.0 Å². The number of aryl methyl sites for hydroxylation is 2. The molecule has 2 aromatic rings. The van der Waals surface area contributed by atoms with Crippen molar-refractivity contribution in [3.8, 4) is 0 Å². The maximum atomic E-state index is 5.41. The molecule has 0 spiro atoms. The van der Waals surface area contributed by atoms with Crippen LogP contribution >= 0.6 is 23.6 Å². The van der Waals surface area contributed by atoms with Crippen molar-refractivity contribution in [2.45, 2.75) is 19.9 Å². The zero-order valence-corrected chi connectivity index (χ0v) is 15.1. The molecule has 0 saturated heterocycles. The summed E-state index contributed by atoms with van der Waals surface area (Å²) in [6, 6.07) is 10.8. The van der Waals surface area contributed by atoms with Gasteiger partial charge in [-0.1, -0.05) is 12.1 Å². The van der Waals surface area contributed by atoms with Crippen LogP contribution in [0.2, 0.25) is 0 Å². The Hall–Kier alpha value is -1.43. The van der Waals surface area contributed by atoms with Gasteiger partial charge in [0.05, 0.1) is 6.04 Å². The standard InChI is InChI=1S/C17H23N3S2/c1-12-7-8-14(10-13(12)2)19-17(21)18-11-15(20(3)4)16-6-5-9-22-16/h5-10,15H,11H2,1-4H3,(H2,18,19,21)/t15-/m0/s1. The van der Waals surface area contributed by atoms with E-state index in [1.807, 2.05) is 0 Å². The van der Waals surface area contributed by atoms with Crippen LogP contribution in [0.25, 0.3) is 0 Å². The highest BCUT2D eigenvalue weighted by molar-refractivity contribution is 7.80. The number of anilines is 1. The lowest BCUT2D eigenvalue weighted by molar-refractivity contribution is 0.303. The molecule has 0 unspecified atom stereocenters. The summed E-state index contributed by atoms with van der Waals surface area (Å²) < 4.78 is 0. The molecule has 118 valence electrons. The summed E-state index contributed by atoms with van der Waals surface area (Å²) in [5.74, 6) is 0. The largest absolute Gasteiger partial charge is 0.360 e. The van der Waals surface area contributed by atoms with E-state index in [4.69, 9.17) is 12.2 Å². The first-order chi connectivity index (χ1) is 10.5. The molecule has 0 amide bonds. The molecule has 0 bridgehead atoms. The molecule has 0 aliphatic rings. The minimum Gasteiger partial charge on any atom is -0.360 e. The van der Waals surface area contributed by atoms with Crippen molar-refractivity contribution in [2.75, 3.05) is 26.0 Å². The number of hydrogen-bond acceptors (Lipinski definition) is 3. The Morgan fingerprint density at radius 1 is 1.23 bits per heavy atom.